The lowest BCUT2D eigenvalue weighted by Crippen LogP contribution is -2.29. The molecule has 5 rings (SSSR count). The standard InChI is InChI=1S/C23H26ClN7/c1-16-17(13-30-10-4-3-5-11-30)14-31(28-16)22-8-9-25-23(27-22)26-18-6-7-21-19(12-18)20(24)15-29(21)2/h6-9,12,14-15H,3-5,10-11,13H2,1-2H3,(H,25,26,27). The minimum atomic E-state index is 0.523. The zero-order valence-electron chi connectivity index (χ0n) is 17.8. The lowest BCUT2D eigenvalue weighted by molar-refractivity contribution is 0.220. The van der Waals surface area contributed by atoms with Crippen LogP contribution in [0.3, 0.4) is 0 Å². The molecule has 0 unspecified atom stereocenters. The van der Waals surface area contributed by atoms with Crippen molar-refractivity contribution in [3.05, 3.63) is 59.1 Å². The maximum Gasteiger partial charge on any atom is 0.229 e. The first kappa shape index (κ1) is 20.0. The number of hydrogen-bond donors (Lipinski definition) is 1. The lowest BCUT2D eigenvalue weighted by atomic mass is 10.1. The van der Waals surface area contributed by atoms with E-state index < -0.39 is 0 Å². The van der Waals surface area contributed by atoms with Crippen LogP contribution < -0.4 is 5.32 Å². The molecule has 4 heterocycles. The molecule has 0 atom stereocenters. The van der Waals surface area contributed by atoms with E-state index in [1.165, 1.54) is 37.9 Å². The summed E-state index contributed by atoms with van der Waals surface area (Å²) in [4.78, 5) is 11.6. The van der Waals surface area contributed by atoms with Crippen molar-refractivity contribution in [1.82, 2.24) is 29.2 Å². The van der Waals surface area contributed by atoms with Crippen LogP contribution in [0, 0.1) is 6.92 Å². The topological polar surface area (TPSA) is 63.8 Å². The third-order valence-electron chi connectivity index (χ3n) is 5.92. The molecule has 4 aromatic rings. The highest BCUT2D eigenvalue weighted by atomic mass is 35.5. The summed E-state index contributed by atoms with van der Waals surface area (Å²) < 4.78 is 3.86. The second kappa shape index (κ2) is 8.32. The molecule has 1 fully saturated rings. The van der Waals surface area contributed by atoms with E-state index in [1.54, 1.807) is 6.20 Å². The summed E-state index contributed by atoms with van der Waals surface area (Å²) in [7, 11) is 1.99. The summed E-state index contributed by atoms with van der Waals surface area (Å²) in [5.41, 5.74) is 4.26. The zero-order valence-corrected chi connectivity index (χ0v) is 18.6. The maximum atomic E-state index is 6.35. The number of aryl methyl sites for hydroxylation is 2. The van der Waals surface area contributed by atoms with Crippen molar-refractivity contribution in [2.75, 3.05) is 18.4 Å². The molecule has 3 aromatic heterocycles. The van der Waals surface area contributed by atoms with Gasteiger partial charge in [-0.1, -0.05) is 18.0 Å². The fourth-order valence-corrected chi connectivity index (χ4v) is 4.51. The number of rotatable bonds is 5. The number of benzene rings is 1. The molecule has 0 saturated carbocycles. The largest absolute Gasteiger partial charge is 0.349 e. The molecule has 1 aromatic carbocycles. The minimum absolute atomic E-state index is 0.523. The van der Waals surface area contributed by atoms with E-state index in [0.29, 0.717) is 5.95 Å². The SMILES string of the molecule is Cc1nn(-c2ccnc(Nc3ccc4c(c3)c(Cl)cn4C)n2)cc1CN1CCCCC1. The number of piperidine rings is 1. The van der Waals surface area contributed by atoms with Crippen molar-refractivity contribution in [3.63, 3.8) is 0 Å². The van der Waals surface area contributed by atoms with E-state index in [9.17, 15) is 0 Å². The molecule has 1 saturated heterocycles. The molecule has 0 amide bonds. The Morgan fingerprint density at radius 2 is 1.94 bits per heavy atom. The second-order valence-corrected chi connectivity index (χ2v) is 8.61. The van der Waals surface area contributed by atoms with Crippen molar-refractivity contribution in [2.24, 2.45) is 7.05 Å². The van der Waals surface area contributed by atoms with E-state index in [2.05, 4.69) is 33.3 Å². The molecule has 0 bridgehead atoms. The molecule has 31 heavy (non-hydrogen) atoms. The molecule has 1 aliphatic rings. The number of nitrogens with one attached hydrogen (secondary N) is 1. The average Bonchev–Trinajstić information content (AvgIpc) is 3.28. The first-order chi connectivity index (χ1) is 15.1. The molecule has 160 valence electrons. The third-order valence-corrected chi connectivity index (χ3v) is 6.22. The maximum absolute atomic E-state index is 6.35. The van der Waals surface area contributed by atoms with Crippen LogP contribution >= 0.6 is 11.6 Å². The zero-order chi connectivity index (χ0) is 21.4. The predicted molar refractivity (Wildman–Crippen MR) is 124 cm³/mol. The smallest absolute Gasteiger partial charge is 0.229 e. The molecule has 8 heteroatoms. The molecule has 1 N–H and O–H groups in total. The predicted octanol–water partition coefficient (Wildman–Crippen LogP) is 4.85. The van der Waals surface area contributed by atoms with Crippen LogP contribution in [0.2, 0.25) is 5.02 Å². The van der Waals surface area contributed by atoms with Crippen molar-refractivity contribution in [2.45, 2.75) is 32.7 Å². The molecule has 0 radical (unpaired) electrons. The lowest BCUT2D eigenvalue weighted by Gasteiger charge is -2.25. The van der Waals surface area contributed by atoms with Crippen LogP contribution in [-0.4, -0.2) is 42.3 Å². The van der Waals surface area contributed by atoms with Gasteiger partial charge in [0.1, 0.15) is 0 Å². The summed E-state index contributed by atoms with van der Waals surface area (Å²) in [6, 6.07) is 7.93. The van der Waals surface area contributed by atoms with Gasteiger partial charge in [0.2, 0.25) is 5.95 Å². The third kappa shape index (κ3) is 4.16. The fourth-order valence-electron chi connectivity index (χ4n) is 4.21. The number of aromatic nitrogens is 5. The van der Waals surface area contributed by atoms with Gasteiger partial charge in [-0.3, -0.25) is 4.90 Å². The molecule has 1 aliphatic heterocycles. The van der Waals surface area contributed by atoms with Crippen LogP contribution in [0.1, 0.15) is 30.5 Å². The molecule has 0 spiro atoms. The van der Waals surface area contributed by atoms with Crippen LogP contribution in [0.25, 0.3) is 16.7 Å². The Morgan fingerprint density at radius 3 is 2.77 bits per heavy atom. The van der Waals surface area contributed by atoms with Gasteiger partial charge < -0.3 is 9.88 Å². The number of fused-ring (bicyclic) bond motifs is 1. The Morgan fingerprint density at radius 1 is 1.10 bits per heavy atom. The first-order valence-corrected chi connectivity index (χ1v) is 11.1. The van der Waals surface area contributed by atoms with Gasteiger partial charge in [0.15, 0.2) is 5.82 Å². The van der Waals surface area contributed by atoms with Crippen molar-refractivity contribution in [1.29, 1.82) is 0 Å². The summed E-state index contributed by atoms with van der Waals surface area (Å²) in [5, 5.41) is 9.71. The summed E-state index contributed by atoms with van der Waals surface area (Å²) in [6.45, 7) is 5.35. The molecule has 0 aliphatic carbocycles. The normalized spacial score (nSPS) is 14.9. The van der Waals surface area contributed by atoms with Gasteiger partial charge in [0, 0.05) is 60.4 Å². The molecular weight excluding hydrogens is 410 g/mol. The summed E-state index contributed by atoms with van der Waals surface area (Å²) >= 11 is 6.35. The first-order valence-electron chi connectivity index (χ1n) is 10.7. The van der Waals surface area contributed by atoms with Crippen molar-refractivity contribution >= 4 is 34.1 Å². The van der Waals surface area contributed by atoms with Gasteiger partial charge in [0.25, 0.3) is 0 Å². The Kier molecular flexibility index (Phi) is 5.38. The number of nitrogens with zero attached hydrogens (tertiary/aromatic N) is 6. The van der Waals surface area contributed by atoms with Gasteiger partial charge in [0.05, 0.1) is 10.7 Å². The van der Waals surface area contributed by atoms with Crippen LogP contribution in [0.5, 0.6) is 0 Å². The summed E-state index contributed by atoms with van der Waals surface area (Å²) in [5.74, 6) is 1.26. The number of halogens is 1. The van der Waals surface area contributed by atoms with Crippen molar-refractivity contribution in [3.8, 4) is 5.82 Å². The van der Waals surface area contributed by atoms with E-state index in [0.717, 1.165) is 39.7 Å². The Balaban J connectivity index is 1.37. The summed E-state index contributed by atoms with van der Waals surface area (Å²) in [6.07, 6.45) is 9.66. The Hall–Kier alpha value is -2.90. The van der Waals surface area contributed by atoms with Gasteiger partial charge in [-0.05, 0) is 51.1 Å². The van der Waals surface area contributed by atoms with Crippen LogP contribution in [0.4, 0.5) is 11.6 Å². The van der Waals surface area contributed by atoms with Gasteiger partial charge in [-0.2, -0.15) is 10.1 Å². The Labute approximate surface area is 186 Å². The van der Waals surface area contributed by atoms with E-state index in [-0.39, 0.29) is 0 Å². The van der Waals surface area contributed by atoms with Crippen molar-refractivity contribution < 1.29 is 0 Å². The number of likely N-dealkylation sites (tertiary alicyclic amines) is 1. The average molecular weight is 436 g/mol. The highest BCUT2D eigenvalue weighted by Gasteiger charge is 2.15. The van der Waals surface area contributed by atoms with E-state index >= 15 is 0 Å². The number of anilines is 2. The van der Waals surface area contributed by atoms with Gasteiger partial charge in [-0.15, -0.1) is 0 Å². The molecule has 7 nitrogen and oxygen atoms in total. The van der Waals surface area contributed by atoms with Crippen LogP contribution in [-0.2, 0) is 13.6 Å². The highest BCUT2D eigenvalue weighted by Crippen LogP contribution is 2.28. The highest BCUT2D eigenvalue weighted by molar-refractivity contribution is 6.35. The second-order valence-electron chi connectivity index (χ2n) is 8.20. The monoisotopic (exact) mass is 435 g/mol. The Bertz CT molecular complexity index is 1220. The minimum Gasteiger partial charge on any atom is -0.349 e. The van der Waals surface area contributed by atoms with E-state index in [4.69, 9.17) is 16.7 Å². The van der Waals surface area contributed by atoms with Gasteiger partial charge >= 0.3 is 0 Å². The molecular formula is C23H26ClN7. The van der Waals surface area contributed by atoms with Crippen LogP contribution in [0.15, 0.2) is 42.9 Å². The van der Waals surface area contributed by atoms with Gasteiger partial charge in [-0.25, -0.2) is 9.67 Å². The number of hydrogen-bond acceptors (Lipinski definition) is 5. The quantitative estimate of drug-likeness (QED) is 0.485. The van der Waals surface area contributed by atoms with E-state index in [1.807, 2.05) is 46.8 Å². The fraction of sp³-hybridized carbons (Fsp3) is 0.348.